The van der Waals surface area contributed by atoms with Gasteiger partial charge in [0, 0.05) is 6.07 Å². The summed E-state index contributed by atoms with van der Waals surface area (Å²) in [6, 6.07) is 6.25. The minimum absolute atomic E-state index is 0.0376. The summed E-state index contributed by atoms with van der Waals surface area (Å²) in [7, 11) is 0. The molecule has 0 fully saturated rings. The van der Waals surface area contributed by atoms with Crippen molar-refractivity contribution in [2.24, 2.45) is 0 Å². The second-order valence-electron chi connectivity index (χ2n) is 5.30. The molecule has 1 aromatic carbocycles. The molecule has 0 aliphatic rings. The second-order valence-corrected chi connectivity index (χ2v) is 5.30. The van der Waals surface area contributed by atoms with Crippen LogP contribution in [0.25, 0.3) is 10.9 Å². The lowest BCUT2D eigenvalue weighted by Crippen LogP contribution is -2.36. The van der Waals surface area contributed by atoms with E-state index in [2.05, 4.69) is 19.9 Å². The first-order chi connectivity index (χ1) is 8.41. The van der Waals surface area contributed by atoms with Crippen molar-refractivity contribution in [3.05, 3.63) is 30.0 Å². The number of rotatable bonds is 2. The number of fused-ring (bicyclic) bond motifs is 1. The zero-order valence-corrected chi connectivity index (χ0v) is 11.3. The van der Waals surface area contributed by atoms with Crippen LogP contribution in [0.3, 0.4) is 0 Å². The summed E-state index contributed by atoms with van der Waals surface area (Å²) in [5.41, 5.74) is 2.09. The summed E-state index contributed by atoms with van der Waals surface area (Å²) in [5.74, 6) is 0.283. The Bertz CT molecular complexity index is 589. The minimum Gasteiger partial charge on any atom is -0.504 e. The first kappa shape index (κ1) is 12.7. The largest absolute Gasteiger partial charge is 0.504 e. The molecule has 96 valence electrons. The number of hydrogen-bond acceptors (Lipinski definition) is 2. The Labute approximate surface area is 107 Å². The van der Waals surface area contributed by atoms with Crippen LogP contribution in [-0.4, -0.2) is 10.2 Å². The monoisotopic (exact) mass is 246 g/mol. The number of benzene rings is 1. The zero-order valence-electron chi connectivity index (χ0n) is 11.3. The van der Waals surface area contributed by atoms with Crippen LogP contribution < -0.4 is 4.57 Å². The molecule has 0 unspecified atom stereocenters. The lowest BCUT2D eigenvalue weighted by Gasteiger charge is -2.10. The van der Waals surface area contributed by atoms with Gasteiger partial charge < -0.3 is 10.2 Å². The van der Waals surface area contributed by atoms with E-state index in [4.69, 9.17) is 0 Å². The molecule has 0 saturated heterocycles. The van der Waals surface area contributed by atoms with Gasteiger partial charge >= 0.3 is 0 Å². The van der Waals surface area contributed by atoms with Gasteiger partial charge in [0.15, 0.2) is 11.8 Å². The highest BCUT2D eigenvalue weighted by Crippen LogP contribution is 2.33. The molecule has 0 spiro atoms. The molecule has 3 heteroatoms. The maximum atomic E-state index is 10.0. The van der Waals surface area contributed by atoms with Gasteiger partial charge in [-0.05, 0) is 31.4 Å². The smallest absolute Gasteiger partial charge is 0.223 e. The molecule has 2 N–H and O–H groups in total. The van der Waals surface area contributed by atoms with Crippen LogP contribution in [0.4, 0.5) is 0 Å². The Morgan fingerprint density at radius 3 is 2.28 bits per heavy atom. The molecule has 1 heterocycles. The van der Waals surface area contributed by atoms with E-state index in [1.165, 1.54) is 0 Å². The topological polar surface area (TPSA) is 44.3 Å². The highest BCUT2D eigenvalue weighted by molar-refractivity contribution is 5.85. The fourth-order valence-corrected chi connectivity index (χ4v) is 2.16. The van der Waals surface area contributed by atoms with Crippen molar-refractivity contribution in [1.29, 1.82) is 0 Å². The van der Waals surface area contributed by atoms with Crippen LogP contribution in [0.1, 0.15) is 45.2 Å². The van der Waals surface area contributed by atoms with Crippen molar-refractivity contribution < 1.29 is 14.8 Å². The quantitative estimate of drug-likeness (QED) is 0.799. The van der Waals surface area contributed by atoms with Crippen LogP contribution in [0, 0.1) is 0 Å². The molecule has 18 heavy (non-hydrogen) atoms. The molecule has 0 aliphatic heterocycles. The second kappa shape index (κ2) is 4.48. The normalized spacial score (nSPS) is 11.7. The molecule has 0 aliphatic carbocycles. The Hall–Kier alpha value is -1.77. The summed E-state index contributed by atoms with van der Waals surface area (Å²) >= 11 is 0. The average molecular weight is 246 g/mol. The Balaban J connectivity index is 2.81. The third-order valence-electron chi connectivity index (χ3n) is 3.28. The van der Waals surface area contributed by atoms with Gasteiger partial charge in [0.25, 0.3) is 0 Å². The Morgan fingerprint density at radius 2 is 1.72 bits per heavy atom. The number of nitrogens with zero attached hydrogens (tertiary/aromatic N) is 1. The maximum Gasteiger partial charge on any atom is 0.223 e. The highest BCUT2D eigenvalue weighted by Gasteiger charge is 2.20. The predicted molar refractivity (Wildman–Crippen MR) is 71.9 cm³/mol. The van der Waals surface area contributed by atoms with E-state index in [1.807, 2.05) is 30.5 Å². The third kappa shape index (κ3) is 2.01. The van der Waals surface area contributed by atoms with Gasteiger partial charge in [-0.2, -0.15) is 4.57 Å². The Kier molecular flexibility index (Phi) is 3.16. The number of aromatic hydroxyl groups is 2. The van der Waals surface area contributed by atoms with E-state index in [-0.39, 0.29) is 17.5 Å². The predicted octanol–water partition coefficient (Wildman–Crippen LogP) is 3.24. The number of pyridine rings is 1. The lowest BCUT2D eigenvalue weighted by atomic mass is 10.0. The van der Waals surface area contributed by atoms with Crippen LogP contribution in [0.2, 0.25) is 0 Å². The fourth-order valence-electron chi connectivity index (χ4n) is 2.16. The van der Waals surface area contributed by atoms with Gasteiger partial charge in [0.1, 0.15) is 0 Å². The summed E-state index contributed by atoms with van der Waals surface area (Å²) in [6.07, 6.45) is 1.58. The van der Waals surface area contributed by atoms with Crippen LogP contribution in [0.15, 0.2) is 24.4 Å². The molecule has 0 amide bonds. The van der Waals surface area contributed by atoms with Crippen molar-refractivity contribution in [2.45, 2.75) is 39.7 Å². The fraction of sp³-hybridized carbons (Fsp3) is 0.400. The minimum atomic E-state index is -0.0721. The van der Waals surface area contributed by atoms with Crippen molar-refractivity contribution >= 4 is 10.9 Å². The molecule has 0 saturated carbocycles. The molecule has 1 aromatic heterocycles. The molecular weight excluding hydrogens is 226 g/mol. The number of hydrogen-bond donors (Lipinski definition) is 2. The summed E-state index contributed by atoms with van der Waals surface area (Å²) < 4.78 is 1.97. The van der Waals surface area contributed by atoms with Gasteiger partial charge in [-0.1, -0.05) is 19.9 Å². The summed E-state index contributed by atoms with van der Waals surface area (Å²) in [6.45, 7) is 8.31. The first-order valence-electron chi connectivity index (χ1n) is 6.31. The molecule has 3 nitrogen and oxygen atoms in total. The number of aromatic nitrogens is 1. The van der Waals surface area contributed by atoms with E-state index in [0.29, 0.717) is 11.3 Å². The van der Waals surface area contributed by atoms with Crippen molar-refractivity contribution in [3.8, 4) is 11.5 Å². The SMILES string of the molecule is CC(C)c1ccc2c(c1)c(O)c(O)c[n+]2C(C)C. The summed E-state index contributed by atoms with van der Waals surface area (Å²) in [4.78, 5) is 0. The van der Waals surface area contributed by atoms with Gasteiger partial charge in [0.05, 0.1) is 5.39 Å². The van der Waals surface area contributed by atoms with Gasteiger partial charge in [-0.3, -0.25) is 0 Å². The molecule has 2 aromatic rings. The van der Waals surface area contributed by atoms with Gasteiger partial charge in [-0.15, -0.1) is 0 Å². The standard InChI is InChI=1S/C15H19NO2/c1-9(2)11-5-6-13-12(7-11)15(18)14(17)8-16(13)10(3)4/h5-10,17H,1-4H3/p+1. The Morgan fingerprint density at radius 1 is 1.06 bits per heavy atom. The molecule has 2 rings (SSSR count). The van der Waals surface area contributed by atoms with Gasteiger partial charge in [0.2, 0.25) is 17.5 Å². The average Bonchev–Trinajstić information content (AvgIpc) is 2.32. The van der Waals surface area contributed by atoms with E-state index in [9.17, 15) is 10.2 Å². The van der Waals surface area contributed by atoms with E-state index >= 15 is 0 Å². The first-order valence-corrected chi connectivity index (χ1v) is 6.31. The molecule has 0 atom stereocenters. The highest BCUT2D eigenvalue weighted by atomic mass is 16.3. The third-order valence-corrected chi connectivity index (χ3v) is 3.28. The van der Waals surface area contributed by atoms with E-state index in [0.717, 1.165) is 11.1 Å². The van der Waals surface area contributed by atoms with Crippen LogP contribution in [-0.2, 0) is 0 Å². The zero-order chi connectivity index (χ0) is 13.4. The van der Waals surface area contributed by atoms with Crippen LogP contribution in [0.5, 0.6) is 11.5 Å². The maximum absolute atomic E-state index is 10.0. The van der Waals surface area contributed by atoms with Crippen molar-refractivity contribution in [2.75, 3.05) is 0 Å². The van der Waals surface area contributed by atoms with E-state index in [1.54, 1.807) is 6.20 Å². The van der Waals surface area contributed by atoms with Gasteiger partial charge in [-0.25, -0.2) is 0 Å². The lowest BCUT2D eigenvalue weighted by molar-refractivity contribution is -0.691. The molecule has 0 radical (unpaired) electrons. The van der Waals surface area contributed by atoms with E-state index < -0.39 is 0 Å². The molecule has 0 bridgehead atoms. The summed E-state index contributed by atoms with van der Waals surface area (Å²) in [5, 5.41) is 20.5. The van der Waals surface area contributed by atoms with Crippen LogP contribution >= 0.6 is 0 Å². The van der Waals surface area contributed by atoms with Crippen molar-refractivity contribution in [1.82, 2.24) is 0 Å². The van der Waals surface area contributed by atoms with Crippen molar-refractivity contribution in [3.63, 3.8) is 0 Å². The molecular formula is C15H20NO2+.